The van der Waals surface area contributed by atoms with E-state index >= 15 is 0 Å². The van der Waals surface area contributed by atoms with Gasteiger partial charge in [-0.3, -0.25) is 4.79 Å². The van der Waals surface area contributed by atoms with Crippen LogP contribution in [0.4, 0.5) is 5.69 Å². The minimum Gasteiger partial charge on any atom is -0.496 e. The van der Waals surface area contributed by atoms with Gasteiger partial charge in [0.05, 0.1) is 18.2 Å². The van der Waals surface area contributed by atoms with E-state index in [2.05, 4.69) is 5.32 Å². The Bertz CT molecular complexity index is 670. The van der Waals surface area contributed by atoms with E-state index in [1.807, 2.05) is 38.1 Å². The quantitative estimate of drug-likeness (QED) is 0.850. The fourth-order valence-electron chi connectivity index (χ4n) is 1.91. The van der Waals surface area contributed by atoms with E-state index in [4.69, 9.17) is 10.5 Å². The van der Waals surface area contributed by atoms with Crippen molar-refractivity contribution < 1.29 is 9.53 Å². The number of anilines is 1. The summed E-state index contributed by atoms with van der Waals surface area (Å²) < 4.78 is 6.25. The Morgan fingerprint density at radius 1 is 1.45 bits per heavy atom. The number of nitrogens with two attached hydrogens (primary N) is 1. The molecule has 20 heavy (non-hydrogen) atoms. The first-order chi connectivity index (χ1) is 9.54. The summed E-state index contributed by atoms with van der Waals surface area (Å²) in [4.78, 5) is 12.7. The Labute approximate surface area is 122 Å². The molecule has 0 aliphatic heterocycles. The summed E-state index contributed by atoms with van der Waals surface area (Å²) in [7, 11) is 1.60. The zero-order valence-corrected chi connectivity index (χ0v) is 12.6. The van der Waals surface area contributed by atoms with Gasteiger partial charge >= 0.3 is 0 Å². The maximum atomic E-state index is 12.2. The second-order valence-electron chi connectivity index (χ2n) is 4.67. The lowest BCUT2D eigenvalue weighted by molar-refractivity contribution is 0.0963. The molecular weight excluding hydrogens is 272 g/mol. The maximum Gasteiger partial charge on any atom is 0.263 e. The van der Waals surface area contributed by atoms with E-state index in [1.165, 1.54) is 11.3 Å². The third-order valence-corrected chi connectivity index (χ3v) is 4.08. The zero-order chi connectivity index (χ0) is 14.7. The van der Waals surface area contributed by atoms with Crippen LogP contribution in [-0.4, -0.2) is 19.6 Å². The SMILES string of the molecule is COc1cccc2sc(C(=O)NCC=C(C)C)c(N)c12. The summed E-state index contributed by atoms with van der Waals surface area (Å²) in [6, 6.07) is 5.67. The molecule has 0 aliphatic rings. The molecule has 0 radical (unpaired) electrons. The van der Waals surface area contributed by atoms with Crippen LogP contribution < -0.4 is 15.8 Å². The van der Waals surface area contributed by atoms with E-state index in [0.717, 1.165) is 15.7 Å². The second-order valence-corrected chi connectivity index (χ2v) is 5.72. The number of nitrogen functional groups attached to an aromatic ring is 1. The molecule has 1 amide bonds. The molecule has 0 saturated carbocycles. The van der Waals surface area contributed by atoms with Gasteiger partial charge in [-0.1, -0.05) is 17.7 Å². The number of nitrogens with one attached hydrogen (secondary N) is 1. The van der Waals surface area contributed by atoms with Crippen LogP contribution in [0.2, 0.25) is 0 Å². The average Bonchev–Trinajstić information content (AvgIpc) is 2.76. The smallest absolute Gasteiger partial charge is 0.263 e. The van der Waals surface area contributed by atoms with Crippen LogP contribution in [0.15, 0.2) is 29.8 Å². The molecular formula is C15H18N2O2S. The number of methoxy groups -OCH3 is 1. The number of allylic oxidation sites excluding steroid dienone is 1. The van der Waals surface area contributed by atoms with Crippen LogP contribution in [0.5, 0.6) is 5.75 Å². The number of carbonyl (C=O) groups is 1. The van der Waals surface area contributed by atoms with Gasteiger partial charge in [-0.15, -0.1) is 11.3 Å². The van der Waals surface area contributed by atoms with E-state index in [0.29, 0.717) is 22.9 Å². The summed E-state index contributed by atoms with van der Waals surface area (Å²) in [6.45, 7) is 4.49. The van der Waals surface area contributed by atoms with Crippen LogP contribution in [0.3, 0.4) is 0 Å². The van der Waals surface area contributed by atoms with Crippen LogP contribution in [0.1, 0.15) is 23.5 Å². The maximum absolute atomic E-state index is 12.2. The normalized spacial score (nSPS) is 10.3. The molecule has 0 saturated heterocycles. The molecule has 106 valence electrons. The molecule has 1 aromatic carbocycles. The number of hydrogen-bond donors (Lipinski definition) is 2. The second kappa shape index (κ2) is 5.96. The number of fused-ring (bicyclic) bond motifs is 1. The van der Waals surface area contributed by atoms with Crippen molar-refractivity contribution in [2.24, 2.45) is 0 Å². The summed E-state index contributed by atoms with van der Waals surface area (Å²) in [6.07, 6.45) is 1.96. The third kappa shape index (κ3) is 2.77. The first-order valence-electron chi connectivity index (χ1n) is 6.31. The predicted octanol–water partition coefficient (Wildman–Crippen LogP) is 3.19. The highest BCUT2D eigenvalue weighted by atomic mass is 32.1. The highest BCUT2D eigenvalue weighted by Gasteiger charge is 2.18. The van der Waals surface area contributed by atoms with E-state index in [1.54, 1.807) is 7.11 Å². The largest absolute Gasteiger partial charge is 0.496 e. The van der Waals surface area contributed by atoms with Crippen LogP contribution in [0, 0.1) is 0 Å². The summed E-state index contributed by atoms with van der Waals surface area (Å²) in [5.74, 6) is 0.544. The number of hydrogen-bond acceptors (Lipinski definition) is 4. The molecule has 1 aromatic heterocycles. The van der Waals surface area contributed by atoms with Crippen LogP contribution >= 0.6 is 11.3 Å². The molecule has 0 unspecified atom stereocenters. The Balaban J connectivity index is 2.33. The lowest BCUT2D eigenvalue weighted by Crippen LogP contribution is -2.23. The first kappa shape index (κ1) is 14.4. The number of rotatable bonds is 4. The van der Waals surface area contributed by atoms with Gasteiger partial charge in [0.2, 0.25) is 0 Å². The minimum absolute atomic E-state index is 0.150. The number of carbonyl (C=O) groups excluding carboxylic acids is 1. The van der Waals surface area contributed by atoms with Crippen molar-refractivity contribution in [3.63, 3.8) is 0 Å². The Morgan fingerprint density at radius 2 is 2.20 bits per heavy atom. The Kier molecular flexibility index (Phi) is 4.29. The van der Waals surface area contributed by atoms with Gasteiger partial charge in [0.25, 0.3) is 5.91 Å². The van der Waals surface area contributed by atoms with E-state index < -0.39 is 0 Å². The summed E-state index contributed by atoms with van der Waals surface area (Å²) in [5.41, 5.74) is 7.75. The van der Waals surface area contributed by atoms with Gasteiger partial charge in [-0.2, -0.15) is 0 Å². The molecule has 1 heterocycles. The highest BCUT2D eigenvalue weighted by Crippen LogP contribution is 2.39. The lowest BCUT2D eigenvalue weighted by atomic mass is 10.2. The summed E-state index contributed by atoms with van der Waals surface area (Å²) >= 11 is 1.38. The van der Waals surface area contributed by atoms with Gasteiger partial charge in [0.1, 0.15) is 10.6 Å². The summed E-state index contributed by atoms with van der Waals surface area (Å²) in [5, 5.41) is 3.66. The fourth-order valence-corrected chi connectivity index (χ4v) is 2.96. The van der Waals surface area contributed by atoms with Crippen molar-refractivity contribution in [1.82, 2.24) is 5.32 Å². The molecule has 0 aliphatic carbocycles. The van der Waals surface area contributed by atoms with Crippen molar-refractivity contribution >= 4 is 33.0 Å². The molecule has 0 bridgehead atoms. The van der Waals surface area contributed by atoms with Crippen LogP contribution in [0.25, 0.3) is 10.1 Å². The van der Waals surface area contributed by atoms with Crippen molar-refractivity contribution in [1.29, 1.82) is 0 Å². The topological polar surface area (TPSA) is 64.3 Å². The lowest BCUT2D eigenvalue weighted by Gasteiger charge is -2.03. The Hall–Kier alpha value is -2.01. The third-order valence-electron chi connectivity index (χ3n) is 2.91. The average molecular weight is 290 g/mol. The van der Waals surface area contributed by atoms with Gasteiger partial charge in [-0.05, 0) is 26.0 Å². The van der Waals surface area contributed by atoms with E-state index in [9.17, 15) is 4.79 Å². The van der Waals surface area contributed by atoms with Gasteiger partial charge < -0.3 is 15.8 Å². The molecule has 0 atom stereocenters. The number of thiophene rings is 1. The molecule has 0 spiro atoms. The van der Waals surface area contributed by atoms with Gasteiger partial charge in [0.15, 0.2) is 0 Å². The monoisotopic (exact) mass is 290 g/mol. The van der Waals surface area contributed by atoms with Crippen LogP contribution in [-0.2, 0) is 0 Å². The number of ether oxygens (including phenoxy) is 1. The first-order valence-corrected chi connectivity index (χ1v) is 7.12. The molecule has 3 N–H and O–H groups in total. The van der Waals surface area contributed by atoms with Crippen molar-refractivity contribution in [3.05, 3.63) is 34.7 Å². The number of amides is 1. The predicted molar refractivity (Wildman–Crippen MR) is 84.6 cm³/mol. The molecule has 0 fully saturated rings. The van der Waals surface area contributed by atoms with Crippen molar-refractivity contribution in [3.8, 4) is 5.75 Å². The van der Waals surface area contributed by atoms with E-state index in [-0.39, 0.29) is 5.91 Å². The van der Waals surface area contributed by atoms with Crippen molar-refractivity contribution in [2.45, 2.75) is 13.8 Å². The number of benzene rings is 1. The minimum atomic E-state index is -0.150. The molecule has 5 heteroatoms. The van der Waals surface area contributed by atoms with Gasteiger partial charge in [-0.25, -0.2) is 0 Å². The Morgan fingerprint density at radius 3 is 2.85 bits per heavy atom. The zero-order valence-electron chi connectivity index (χ0n) is 11.8. The fraction of sp³-hybridized carbons (Fsp3) is 0.267. The standard InChI is InChI=1S/C15H18N2O2S/c1-9(2)7-8-17-15(18)14-13(16)12-10(19-3)5-4-6-11(12)20-14/h4-7H,8,16H2,1-3H3,(H,17,18). The van der Waals surface area contributed by atoms with Crippen molar-refractivity contribution in [2.75, 3.05) is 19.4 Å². The van der Waals surface area contributed by atoms with Gasteiger partial charge in [0, 0.05) is 11.2 Å². The molecule has 2 rings (SSSR count). The highest BCUT2D eigenvalue weighted by molar-refractivity contribution is 7.21. The molecule has 4 nitrogen and oxygen atoms in total. The molecule has 2 aromatic rings.